The number of carbonyl (C=O) groups is 1. The van der Waals surface area contributed by atoms with Crippen molar-refractivity contribution in [2.24, 2.45) is 0 Å². The van der Waals surface area contributed by atoms with Gasteiger partial charge in [0, 0.05) is 12.2 Å². The molecule has 0 aliphatic rings. The number of amides is 1. The zero-order chi connectivity index (χ0) is 17.5. The van der Waals surface area contributed by atoms with E-state index in [1.165, 1.54) is 11.1 Å². The van der Waals surface area contributed by atoms with Crippen LogP contribution in [0.3, 0.4) is 0 Å². The number of hydrogen-bond acceptors (Lipinski definition) is 3. The van der Waals surface area contributed by atoms with E-state index in [2.05, 4.69) is 34.7 Å². The molecule has 3 rings (SSSR count). The summed E-state index contributed by atoms with van der Waals surface area (Å²) in [5.74, 6) is -0.209. The highest BCUT2D eigenvalue weighted by Gasteiger charge is 2.07. The molecule has 0 unspecified atom stereocenters. The predicted molar refractivity (Wildman–Crippen MR) is 102 cm³/mol. The largest absolute Gasteiger partial charge is 0.380 e. The van der Waals surface area contributed by atoms with Crippen LogP contribution in [-0.2, 0) is 13.0 Å². The van der Waals surface area contributed by atoms with E-state index in [1.807, 2.05) is 48.5 Å². The normalized spacial score (nSPS) is 10.3. The van der Waals surface area contributed by atoms with Crippen LogP contribution >= 0.6 is 0 Å². The molecule has 4 heteroatoms. The van der Waals surface area contributed by atoms with E-state index in [-0.39, 0.29) is 5.91 Å². The summed E-state index contributed by atoms with van der Waals surface area (Å²) in [6, 6.07) is 21.6. The van der Waals surface area contributed by atoms with Crippen LogP contribution in [0.4, 0.5) is 11.4 Å². The number of pyridine rings is 1. The van der Waals surface area contributed by atoms with Gasteiger partial charge in [-0.05, 0) is 41.8 Å². The van der Waals surface area contributed by atoms with Crippen molar-refractivity contribution < 1.29 is 4.79 Å². The molecule has 4 nitrogen and oxygen atoms in total. The fourth-order valence-corrected chi connectivity index (χ4v) is 2.45. The van der Waals surface area contributed by atoms with Crippen LogP contribution in [0.1, 0.15) is 28.5 Å². The van der Waals surface area contributed by atoms with Gasteiger partial charge in [0.1, 0.15) is 5.69 Å². The van der Waals surface area contributed by atoms with E-state index in [9.17, 15) is 4.79 Å². The molecule has 0 spiro atoms. The van der Waals surface area contributed by atoms with E-state index < -0.39 is 0 Å². The summed E-state index contributed by atoms with van der Waals surface area (Å²) >= 11 is 0. The topological polar surface area (TPSA) is 54.0 Å². The van der Waals surface area contributed by atoms with Crippen molar-refractivity contribution >= 4 is 17.3 Å². The van der Waals surface area contributed by atoms with Gasteiger partial charge in [0.15, 0.2) is 0 Å². The van der Waals surface area contributed by atoms with Gasteiger partial charge in [-0.25, -0.2) is 4.98 Å². The minimum absolute atomic E-state index is 0.209. The van der Waals surface area contributed by atoms with Crippen LogP contribution in [0.15, 0.2) is 72.9 Å². The SMILES string of the molecule is CCc1ccc(NC(=O)c2ccc(NCc3ccccc3)cn2)cc1. The monoisotopic (exact) mass is 331 g/mol. The first kappa shape index (κ1) is 16.7. The lowest BCUT2D eigenvalue weighted by Crippen LogP contribution is -2.13. The lowest BCUT2D eigenvalue weighted by atomic mass is 10.1. The van der Waals surface area contributed by atoms with Crippen LogP contribution in [0.5, 0.6) is 0 Å². The molecule has 25 heavy (non-hydrogen) atoms. The second-order valence-corrected chi connectivity index (χ2v) is 5.78. The first-order chi connectivity index (χ1) is 12.2. The molecule has 0 saturated heterocycles. The molecule has 1 amide bonds. The highest BCUT2D eigenvalue weighted by molar-refractivity contribution is 6.02. The van der Waals surface area contributed by atoms with E-state index in [1.54, 1.807) is 12.3 Å². The Labute approximate surface area is 147 Å². The van der Waals surface area contributed by atoms with Gasteiger partial charge in [0.05, 0.1) is 11.9 Å². The van der Waals surface area contributed by atoms with Crippen LogP contribution in [0.25, 0.3) is 0 Å². The Morgan fingerprint density at radius 1 is 0.880 bits per heavy atom. The number of benzene rings is 2. The Kier molecular flexibility index (Phi) is 5.42. The minimum atomic E-state index is -0.209. The first-order valence-electron chi connectivity index (χ1n) is 8.39. The van der Waals surface area contributed by atoms with Gasteiger partial charge in [-0.1, -0.05) is 49.4 Å². The molecule has 1 aromatic heterocycles. The summed E-state index contributed by atoms with van der Waals surface area (Å²) in [7, 11) is 0. The Morgan fingerprint density at radius 3 is 2.24 bits per heavy atom. The molecule has 0 atom stereocenters. The standard InChI is InChI=1S/C21H21N3O/c1-2-16-8-10-18(11-9-16)24-21(25)20-13-12-19(15-23-20)22-14-17-6-4-3-5-7-17/h3-13,15,22H,2,14H2,1H3,(H,24,25). The Bertz CT molecular complexity index is 812. The fourth-order valence-electron chi connectivity index (χ4n) is 2.45. The van der Waals surface area contributed by atoms with Crippen molar-refractivity contribution in [2.75, 3.05) is 10.6 Å². The summed E-state index contributed by atoms with van der Waals surface area (Å²) in [5, 5.41) is 6.16. The van der Waals surface area contributed by atoms with E-state index in [0.29, 0.717) is 5.69 Å². The van der Waals surface area contributed by atoms with Crippen molar-refractivity contribution in [3.05, 3.63) is 89.7 Å². The quantitative estimate of drug-likeness (QED) is 0.699. The maximum absolute atomic E-state index is 12.3. The van der Waals surface area contributed by atoms with Gasteiger partial charge < -0.3 is 10.6 Å². The highest BCUT2D eigenvalue weighted by atomic mass is 16.1. The average molecular weight is 331 g/mol. The number of hydrogen-bond donors (Lipinski definition) is 2. The maximum atomic E-state index is 12.3. The molecule has 0 saturated carbocycles. The second-order valence-electron chi connectivity index (χ2n) is 5.78. The van der Waals surface area contributed by atoms with Crippen molar-refractivity contribution in [1.29, 1.82) is 0 Å². The minimum Gasteiger partial charge on any atom is -0.380 e. The molecule has 0 bridgehead atoms. The van der Waals surface area contributed by atoms with Crippen LogP contribution in [0.2, 0.25) is 0 Å². The molecule has 2 aromatic carbocycles. The van der Waals surface area contributed by atoms with Gasteiger partial charge in [-0.15, -0.1) is 0 Å². The smallest absolute Gasteiger partial charge is 0.274 e. The Balaban J connectivity index is 1.58. The molecular formula is C21H21N3O. The average Bonchev–Trinajstić information content (AvgIpc) is 2.68. The van der Waals surface area contributed by atoms with Gasteiger partial charge in [-0.3, -0.25) is 4.79 Å². The molecule has 0 aliphatic carbocycles. The van der Waals surface area contributed by atoms with Crippen LogP contribution in [0, 0.1) is 0 Å². The van der Waals surface area contributed by atoms with Crippen molar-refractivity contribution in [3.63, 3.8) is 0 Å². The van der Waals surface area contributed by atoms with Crippen LogP contribution < -0.4 is 10.6 Å². The lowest BCUT2D eigenvalue weighted by molar-refractivity contribution is 0.102. The van der Waals surface area contributed by atoms with Gasteiger partial charge in [0.25, 0.3) is 5.91 Å². The molecular weight excluding hydrogens is 310 g/mol. The van der Waals surface area contributed by atoms with Crippen LogP contribution in [-0.4, -0.2) is 10.9 Å². The van der Waals surface area contributed by atoms with Gasteiger partial charge in [-0.2, -0.15) is 0 Å². The van der Waals surface area contributed by atoms with Crippen molar-refractivity contribution in [2.45, 2.75) is 19.9 Å². The fraction of sp³-hybridized carbons (Fsp3) is 0.143. The zero-order valence-electron chi connectivity index (χ0n) is 14.2. The predicted octanol–water partition coefficient (Wildman–Crippen LogP) is 4.51. The number of anilines is 2. The summed E-state index contributed by atoms with van der Waals surface area (Å²) in [4.78, 5) is 16.5. The highest BCUT2D eigenvalue weighted by Crippen LogP contribution is 2.13. The molecule has 1 heterocycles. The number of nitrogens with zero attached hydrogens (tertiary/aromatic N) is 1. The number of nitrogens with one attached hydrogen (secondary N) is 2. The number of aryl methyl sites for hydroxylation is 1. The Hall–Kier alpha value is -3.14. The van der Waals surface area contributed by atoms with E-state index >= 15 is 0 Å². The third kappa shape index (κ3) is 4.67. The molecule has 3 aromatic rings. The first-order valence-corrected chi connectivity index (χ1v) is 8.39. The third-order valence-corrected chi connectivity index (χ3v) is 3.96. The number of rotatable bonds is 6. The van der Waals surface area contributed by atoms with Gasteiger partial charge in [0.2, 0.25) is 0 Å². The molecule has 126 valence electrons. The third-order valence-electron chi connectivity index (χ3n) is 3.96. The summed E-state index contributed by atoms with van der Waals surface area (Å²) in [6.45, 7) is 2.82. The zero-order valence-corrected chi connectivity index (χ0v) is 14.2. The molecule has 0 aliphatic heterocycles. The molecule has 2 N–H and O–H groups in total. The maximum Gasteiger partial charge on any atom is 0.274 e. The lowest BCUT2D eigenvalue weighted by Gasteiger charge is -2.08. The second kappa shape index (κ2) is 8.11. The Morgan fingerprint density at radius 2 is 1.60 bits per heavy atom. The molecule has 0 radical (unpaired) electrons. The van der Waals surface area contributed by atoms with Crippen molar-refractivity contribution in [3.8, 4) is 0 Å². The van der Waals surface area contributed by atoms with Crippen molar-refractivity contribution in [1.82, 2.24) is 4.98 Å². The summed E-state index contributed by atoms with van der Waals surface area (Å²) in [6.07, 6.45) is 2.66. The van der Waals surface area contributed by atoms with E-state index in [0.717, 1.165) is 24.3 Å². The number of carbonyl (C=O) groups excluding carboxylic acids is 1. The van der Waals surface area contributed by atoms with E-state index in [4.69, 9.17) is 0 Å². The number of aromatic nitrogens is 1. The molecule has 0 fully saturated rings. The summed E-state index contributed by atoms with van der Waals surface area (Å²) in [5.41, 5.74) is 4.48. The van der Waals surface area contributed by atoms with Gasteiger partial charge >= 0.3 is 0 Å². The summed E-state index contributed by atoms with van der Waals surface area (Å²) < 4.78 is 0.